The van der Waals surface area contributed by atoms with Crippen LogP contribution in [0.5, 0.6) is 5.75 Å². The van der Waals surface area contributed by atoms with E-state index < -0.39 is 0 Å². The maximum absolute atomic E-state index is 6.71. The standard InChI is InChI=1S/C44H31N3O/c1-28-13-10-23-38-37-26-25-33(35-21-12-22-36(40(35)37)34-20-8-9-24-39(34)48-41(28)38)31-18-11-19-32(27-31)44-46-42(29-14-4-2-5-15-29)45-43(47-44)30-16-6-3-7-17-30/h2-12,14-28H,13H2,1H3. The van der Waals surface area contributed by atoms with Gasteiger partial charge in [-0.05, 0) is 51.6 Å². The summed E-state index contributed by atoms with van der Waals surface area (Å²) < 4.78 is 6.71. The molecule has 0 fully saturated rings. The Labute approximate surface area is 279 Å². The molecule has 0 saturated heterocycles. The van der Waals surface area contributed by atoms with Gasteiger partial charge in [0.05, 0.1) is 0 Å². The first kappa shape index (κ1) is 28.1. The van der Waals surface area contributed by atoms with Gasteiger partial charge in [0, 0.05) is 33.7 Å². The van der Waals surface area contributed by atoms with Gasteiger partial charge >= 0.3 is 0 Å². The molecule has 0 saturated carbocycles. The number of allylic oxidation sites excluding steroid dienone is 4. The minimum atomic E-state index is 0.289. The van der Waals surface area contributed by atoms with Crippen molar-refractivity contribution in [3.63, 3.8) is 0 Å². The van der Waals surface area contributed by atoms with Gasteiger partial charge in [-0.15, -0.1) is 0 Å². The number of fused-ring (bicyclic) bond motifs is 3. The Morgan fingerprint density at radius 3 is 1.85 bits per heavy atom. The van der Waals surface area contributed by atoms with Gasteiger partial charge in [-0.1, -0.05) is 146 Å². The molecule has 1 atom stereocenters. The van der Waals surface area contributed by atoms with Crippen molar-refractivity contribution in [1.29, 1.82) is 0 Å². The Balaban J connectivity index is 1.24. The molecule has 4 nitrogen and oxygen atoms in total. The molecule has 2 aliphatic rings. The molecule has 48 heavy (non-hydrogen) atoms. The number of nitrogens with zero attached hydrogens (tertiary/aromatic N) is 3. The minimum absolute atomic E-state index is 0.289. The van der Waals surface area contributed by atoms with Crippen molar-refractivity contribution in [3.05, 3.63) is 163 Å². The molecule has 6 aromatic carbocycles. The van der Waals surface area contributed by atoms with E-state index in [1.165, 1.54) is 21.9 Å². The summed E-state index contributed by atoms with van der Waals surface area (Å²) in [6, 6.07) is 48.3. The van der Waals surface area contributed by atoms with Crippen LogP contribution < -0.4 is 4.74 Å². The van der Waals surface area contributed by atoms with Crippen LogP contribution >= 0.6 is 0 Å². The van der Waals surface area contributed by atoms with Crippen LogP contribution in [0.15, 0.2) is 157 Å². The zero-order valence-corrected chi connectivity index (χ0v) is 26.5. The van der Waals surface area contributed by atoms with Crippen molar-refractivity contribution >= 4 is 16.3 Å². The molecular formula is C44H31N3O. The first-order valence-electron chi connectivity index (χ1n) is 16.4. The average Bonchev–Trinajstić information content (AvgIpc) is 3.15. The van der Waals surface area contributed by atoms with E-state index in [1.807, 2.05) is 60.7 Å². The number of hydrogen-bond acceptors (Lipinski definition) is 4. The predicted octanol–water partition coefficient (Wildman–Crippen LogP) is 11.1. The highest BCUT2D eigenvalue weighted by atomic mass is 16.5. The molecular weight excluding hydrogens is 587 g/mol. The fraction of sp³-hybridized carbons (Fsp3) is 0.0682. The number of ether oxygens (including phenoxy) is 1. The highest BCUT2D eigenvalue weighted by Crippen LogP contribution is 2.47. The summed E-state index contributed by atoms with van der Waals surface area (Å²) in [4.78, 5) is 14.9. The summed E-state index contributed by atoms with van der Waals surface area (Å²) in [6.45, 7) is 2.25. The van der Waals surface area contributed by atoms with E-state index in [0.717, 1.165) is 56.9 Å². The molecule has 1 aromatic heterocycles. The summed E-state index contributed by atoms with van der Waals surface area (Å²) in [7, 11) is 0. The molecule has 0 amide bonds. The monoisotopic (exact) mass is 617 g/mol. The second-order valence-electron chi connectivity index (χ2n) is 12.4. The van der Waals surface area contributed by atoms with Crippen molar-refractivity contribution in [3.8, 4) is 62.2 Å². The minimum Gasteiger partial charge on any atom is -0.460 e. The second kappa shape index (κ2) is 11.6. The zero-order valence-electron chi connectivity index (χ0n) is 26.5. The van der Waals surface area contributed by atoms with Crippen LogP contribution in [0.25, 0.3) is 72.8 Å². The summed E-state index contributed by atoms with van der Waals surface area (Å²) >= 11 is 0. The fourth-order valence-corrected chi connectivity index (χ4v) is 6.99. The molecule has 0 N–H and O–H groups in total. The Kier molecular flexibility index (Phi) is 6.79. The maximum atomic E-state index is 6.71. The smallest absolute Gasteiger partial charge is 0.164 e. The van der Waals surface area contributed by atoms with E-state index >= 15 is 0 Å². The lowest BCUT2D eigenvalue weighted by Crippen LogP contribution is -2.13. The molecule has 0 bridgehead atoms. The molecule has 0 spiro atoms. The summed E-state index contributed by atoms with van der Waals surface area (Å²) in [5.41, 5.74) is 9.75. The van der Waals surface area contributed by atoms with Gasteiger partial charge in [0.1, 0.15) is 11.5 Å². The topological polar surface area (TPSA) is 47.9 Å². The van der Waals surface area contributed by atoms with Crippen molar-refractivity contribution in [2.75, 3.05) is 0 Å². The van der Waals surface area contributed by atoms with Crippen LogP contribution in [0.1, 0.15) is 18.9 Å². The van der Waals surface area contributed by atoms with Crippen molar-refractivity contribution in [1.82, 2.24) is 15.0 Å². The van der Waals surface area contributed by atoms with Gasteiger partial charge in [0.25, 0.3) is 0 Å². The number of aromatic nitrogens is 3. The molecule has 4 heteroatoms. The lowest BCUT2D eigenvalue weighted by Gasteiger charge is -2.28. The van der Waals surface area contributed by atoms with Crippen molar-refractivity contribution in [2.45, 2.75) is 13.3 Å². The van der Waals surface area contributed by atoms with Gasteiger partial charge < -0.3 is 4.74 Å². The van der Waals surface area contributed by atoms with E-state index in [1.54, 1.807) is 0 Å². The lowest BCUT2D eigenvalue weighted by molar-refractivity contribution is 0.360. The second-order valence-corrected chi connectivity index (χ2v) is 12.4. The summed E-state index contributed by atoms with van der Waals surface area (Å²) in [6.07, 6.45) is 5.48. The fourth-order valence-electron chi connectivity index (χ4n) is 6.99. The molecule has 1 aliphatic carbocycles. The van der Waals surface area contributed by atoms with E-state index in [9.17, 15) is 0 Å². The van der Waals surface area contributed by atoms with Crippen LogP contribution in [0.3, 0.4) is 0 Å². The number of para-hydroxylation sites is 1. The van der Waals surface area contributed by atoms with Crippen LogP contribution in [0, 0.1) is 5.92 Å². The van der Waals surface area contributed by atoms with Crippen LogP contribution in [-0.2, 0) is 0 Å². The molecule has 7 aromatic rings. The number of hydrogen-bond donors (Lipinski definition) is 0. The Hall–Kier alpha value is -6.13. The van der Waals surface area contributed by atoms with Gasteiger partial charge in [0.2, 0.25) is 0 Å². The van der Waals surface area contributed by atoms with Gasteiger partial charge in [-0.3, -0.25) is 0 Å². The Morgan fingerprint density at radius 1 is 0.521 bits per heavy atom. The predicted molar refractivity (Wildman–Crippen MR) is 195 cm³/mol. The van der Waals surface area contributed by atoms with E-state index in [4.69, 9.17) is 19.7 Å². The third-order valence-electron chi connectivity index (χ3n) is 9.35. The van der Waals surface area contributed by atoms with Crippen molar-refractivity contribution in [2.24, 2.45) is 5.92 Å². The van der Waals surface area contributed by atoms with Crippen LogP contribution in [0.4, 0.5) is 0 Å². The first-order chi connectivity index (χ1) is 23.7. The first-order valence-corrected chi connectivity index (χ1v) is 16.4. The normalized spacial score (nSPS) is 14.9. The molecule has 1 aliphatic heterocycles. The van der Waals surface area contributed by atoms with Crippen LogP contribution in [0.2, 0.25) is 0 Å². The molecule has 0 radical (unpaired) electrons. The molecule has 2 heterocycles. The van der Waals surface area contributed by atoms with E-state index in [-0.39, 0.29) is 5.92 Å². The summed E-state index contributed by atoms with van der Waals surface area (Å²) in [5.74, 6) is 4.17. The maximum Gasteiger partial charge on any atom is 0.164 e. The van der Waals surface area contributed by atoms with Crippen molar-refractivity contribution < 1.29 is 4.74 Å². The number of rotatable bonds is 4. The lowest BCUT2D eigenvalue weighted by atomic mass is 9.83. The average molecular weight is 618 g/mol. The molecule has 1 unspecified atom stereocenters. The Bertz CT molecular complexity index is 2350. The summed E-state index contributed by atoms with van der Waals surface area (Å²) in [5, 5.41) is 2.43. The van der Waals surface area contributed by atoms with Gasteiger partial charge in [0.15, 0.2) is 17.5 Å². The third kappa shape index (κ3) is 4.81. The van der Waals surface area contributed by atoms with E-state index in [0.29, 0.717) is 17.5 Å². The molecule has 9 rings (SSSR count). The third-order valence-corrected chi connectivity index (χ3v) is 9.35. The van der Waals surface area contributed by atoms with Gasteiger partial charge in [-0.25, -0.2) is 15.0 Å². The van der Waals surface area contributed by atoms with Gasteiger partial charge in [-0.2, -0.15) is 0 Å². The molecule has 228 valence electrons. The SMILES string of the molecule is CC1CC=CC2=C1Oc1ccccc1-c1cccc3c(-c4cccc(-c5nc(-c6ccccc6)nc(-c6ccccc6)n5)c4)ccc2c13. The highest BCUT2D eigenvalue weighted by Gasteiger charge is 2.26. The Morgan fingerprint density at radius 2 is 1.10 bits per heavy atom. The largest absolute Gasteiger partial charge is 0.460 e. The highest BCUT2D eigenvalue weighted by molar-refractivity contribution is 6.12. The quantitative estimate of drug-likeness (QED) is 0.197. The van der Waals surface area contributed by atoms with E-state index in [2.05, 4.69) is 97.9 Å². The zero-order chi connectivity index (χ0) is 32.0. The van der Waals surface area contributed by atoms with Crippen LogP contribution in [-0.4, -0.2) is 15.0 Å². The number of benzene rings is 6.